The van der Waals surface area contributed by atoms with Crippen molar-refractivity contribution < 1.29 is 26.3 Å². The molecule has 0 aliphatic carbocycles. The van der Waals surface area contributed by atoms with Gasteiger partial charge >= 0.3 is 6.08 Å². The Morgan fingerprint density at radius 1 is 1.06 bits per heavy atom. The summed E-state index contributed by atoms with van der Waals surface area (Å²) in [4.78, 5) is 0. The van der Waals surface area contributed by atoms with Crippen molar-refractivity contribution in [2.45, 2.75) is 19.5 Å². The molecule has 1 unspecified atom stereocenters. The van der Waals surface area contributed by atoms with Gasteiger partial charge in [-0.2, -0.15) is 8.78 Å². The molecule has 0 saturated carbocycles. The van der Waals surface area contributed by atoms with E-state index in [2.05, 4.69) is 0 Å². The maximum absolute atomic E-state index is 13.1. The van der Waals surface area contributed by atoms with Crippen LogP contribution in [0.4, 0.5) is 26.3 Å². The Kier molecular flexibility index (Phi) is 4.20. The second-order valence-corrected chi connectivity index (χ2v) is 3.33. The van der Waals surface area contributed by atoms with E-state index in [4.69, 9.17) is 0 Å². The van der Waals surface area contributed by atoms with Crippen molar-refractivity contribution in [2.24, 2.45) is 0 Å². The lowest BCUT2D eigenvalue weighted by Crippen LogP contribution is -2.06. The third-order valence-corrected chi connectivity index (χ3v) is 2.30. The van der Waals surface area contributed by atoms with Crippen LogP contribution in [0, 0.1) is 6.92 Å². The fraction of sp³-hybridized carbons (Fsp3) is 0.273. The molecule has 1 atom stereocenters. The molecule has 17 heavy (non-hydrogen) atoms. The molecule has 0 amide bonds. The Morgan fingerprint density at radius 2 is 1.65 bits per heavy atom. The quantitative estimate of drug-likeness (QED) is 0.679. The Balaban J connectivity index is 3.31. The zero-order valence-electron chi connectivity index (χ0n) is 8.65. The maximum Gasteiger partial charge on any atom is 0.306 e. The minimum absolute atomic E-state index is 0.259. The van der Waals surface area contributed by atoms with Gasteiger partial charge in [0.05, 0.1) is 0 Å². The van der Waals surface area contributed by atoms with Crippen molar-refractivity contribution in [3.8, 4) is 0 Å². The van der Waals surface area contributed by atoms with Crippen LogP contribution >= 0.6 is 0 Å². The van der Waals surface area contributed by atoms with E-state index >= 15 is 0 Å². The van der Waals surface area contributed by atoms with Crippen LogP contribution in [-0.2, 0) is 0 Å². The molecule has 0 bridgehead atoms. The molecule has 0 saturated heterocycles. The van der Waals surface area contributed by atoms with Crippen molar-refractivity contribution in [3.63, 3.8) is 0 Å². The Labute approximate surface area is 93.6 Å². The molecule has 0 N–H and O–H groups in total. The summed E-state index contributed by atoms with van der Waals surface area (Å²) < 4.78 is 74.5. The first kappa shape index (κ1) is 13.6. The number of halogens is 6. The van der Waals surface area contributed by atoms with E-state index in [0.29, 0.717) is 0 Å². The lowest BCUT2D eigenvalue weighted by molar-refractivity contribution is 0.0492. The van der Waals surface area contributed by atoms with Gasteiger partial charge in [0.15, 0.2) is 12.0 Å². The van der Waals surface area contributed by atoms with Gasteiger partial charge in [-0.05, 0) is 18.1 Å². The highest BCUT2D eigenvalue weighted by molar-refractivity contribution is 5.64. The molecule has 1 aromatic rings. The average molecular weight is 254 g/mol. The highest BCUT2D eigenvalue weighted by Crippen LogP contribution is 2.33. The normalized spacial score (nSPS) is 12.7. The van der Waals surface area contributed by atoms with Gasteiger partial charge in [0.2, 0.25) is 0 Å². The fourth-order valence-electron chi connectivity index (χ4n) is 1.43. The molecular weight excluding hydrogens is 246 g/mol. The van der Waals surface area contributed by atoms with Crippen LogP contribution in [0.1, 0.15) is 22.9 Å². The second-order valence-electron chi connectivity index (χ2n) is 3.33. The number of benzene rings is 1. The van der Waals surface area contributed by atoms with Gasteiger partial charge in [-0.3, -0.25) is 0 Å². The second kappa shape index (κ2) is 5.25. The molecule has 0 aliphatic rings. The van der Waals surface area contributed by atoms with E-state index in [1.165, 1.54) is 0 Å². The average Bonchev–Trinajstić information content (AvgIpc) is 2.27. The first-order chi connectivity index (χ1) is 7.86. The van der Waals surface area contributed by atoms with E-state index in [0.717, 1.165) is 25.1 Å². The summed E-state index contributed by atoms with van der Waals surface area (Å²) in [6.07, 6.45) is -8.48. The summed E-state index contributed by atoms with van der Waals surface area (Å²) in [7, 11) is 0. The van der Waals surface area contributed by atoms with E-state index < -0.39 is 35.6 Å². The molecular formula is C11H8F6. The summed E-state index contributed by atoms with van der Waals surface area (Å²) in [5, 5.41) is 0. The van der Waals surface area contributed by atoms with Gasteiger partial charge < -0.3 is 0 Å². The number of rotatable bonds is 3. The summed E-state index contributed by atoms with van der Waals surface area (Å²) in [5.41, 5.74) is -1.33. The Morgan fingerprint density at radius 3 is 2.12 bits per heavy atom. The lowest BCUT2D eigenvalue weighted by atomic mass is 9.98. The monoisotopic (exact) mass is 254 g/mol. The summed E-state index contributed by atoms with van der Waals surface area (Å²) in [6, 6.07) is 3.04. The topological polar surface area (TPSA) is 0 Å². The molecule has 0 radical (unpaired) electrons. The highest BCUT2D eigenvalue weighted by Gasteiger charge is 2.25. The first-order valence-corrected chi connectivity index (χ1v) is 4.59. The summed E-state index contributed by atoms with van der Waals surface area (Å²) in [5.74, 6) is -1.83. The number of hydrogen-bond donors (Lipinski definition) is 0. The van der Waals surface area contributed by atoms with Gasteiger partial charge in [0.1, 0.15) is 0 Å². The van der Waals surface area contributed by atoms with Gasteiger partial charge in [0, 0.05) is 5.56 Å². The SMILES string of the molecule is Cc1c(C(F)=C(F)F)cccc1C(F)C(F)F. The van der Waals surface area contributed by atoms with Gasteiger partial charge in [0.25, 0.3) is 6.43 Å². The molecule has 1 aromatic carbocycles. The highest BCUT2D eigenvalue weighted by atomic mass is 19.3. The molecule has 0 aromatic heterocycles. The van der Waals surface area contributed by atoms with Crippen molar-refractivity contribution in [2.75, 3.05) is 0 Å². The molecule has 0 spiro atoms. The molecule has 0 fully saturated rings. The largest absolute Gasteiger partial charge is 0.306 e. The van der Waals surface area contributed by atoms with Crippen LogP contribution in [-0.4, -0.2) is 6.43 Å². The fourth-order valence-corrected chi connectivity index (χ4v) is 1.43. The minimum Gasteiger partial charge on any atom is -0.236 e. The molecule has 0 aliphatic heterocycles. The zero-order valence-corrected chi connectivity index (χ0v) is 8.65. The van der Waals surface area contributed by atoms with Crippen LogP contribution in [0.15, 0.2) is 24.3 Å². The number of alkyl halides is 3. The number of hydrogen-bond acceptors (Lipinski definition) is 0. The predicted molar refractivity (Wildman–Crippen MR) is 51.3 cm³/mol. The molecule has 1 rings (SSSR count). The van der Waals surface area contributed by atoms with E-state index in [9.17, 15) is 26.3 Å². The van der Waals surface area contributed by atoms with Crippen LogP contribution < -0.4 is 0 Å². The van der Waals surface area contributed by atoms with Crippen molar-refractivity contribution in [1.29, 1.82) is 0 Å². The molecule has 0 nitrogen and oxygen atoms in total. The third-order valence-electron chi connectivity index (χ3n) is 2.30. The molecule has 94 valence electrons. The van der Waals surface area contributed by atoms with E-state index in [1.807, 2.05) is 0 Å². The third kappa shape index (κ3) is 2.81. The van der Waals surface area contributed by atoms with Gasteiger partial charge in [-0.1, -0.05) is 18.2 Å². The van der Waals surface area contributed by atoms with Gasteiger partial charge in [-0.25, -0.2) is 17.6 Å². The molecule has 6 heteroatoms. The summed E-state index contributed by atoms with van der Waals surface area (Å²) >= 11 is 0. The lowest BCUT2D eigenvalue weighted by Gasteiger charge is -2.13. The van der Waals surface area contributed by atoms with Crippen LogP contribution in [0.5, 0.6) is 0 Å². The zero-order chi connectivity index (χ0) is 13.2. The van der Waals surface area contributed by atoms with Crippen molar-refractivity contribution in [3.05, 3.63) is 41.0 Å². The van der Waals surface area contributed by atoms with Crippen LogP contribution in [0.2, 0.25) is 0 Å². The van der Waals surface area contributed by atoms with Crippen LogP contribution in [0.25, 0.3) is 5.83 Å². The Hall–Kier alpha value is -1.46. The molecule has 0 heterocycles. The summed E-state index contributed by atoms with van der Waals surface area (Å²) in [6.45, 7) is 1.11. The van der Waals surface area contributed by atoms with E-state index in [-0.39, 0.29) is 5.56 Å². The predicted octanol–water partition coefficient (Wildman–Crippen LogP) is 4.81. The van der Waals surface area contributed by atoms with E-state index in [1.54, 1.807) is 0 Å². The maximum atomic E-state index is 13.1. The Bertz CT molecular complexity index is 434. The standard InChI is InChI=1S/C11H8F6/c1-5-6(8(12)10(14)15)3-2-4-7(5)9(13)11(16)17/h2-4,8,10H,1H3. The minimum atomic E-state index is -3.29. The van der Waals surface area contributed by atoms with Gasteiger partial charge in [-0.15, -0.1) is 0 Å². The first-order valence-electron chi connectivity index (χ1n) is 4.59. The van der Waals surface area contributed by atoms with Crippen LogP contribution in [0.3, 0.4) is 0 Å². The van der Waals surface area contributed by atoms with Crippen molar-refractivity contribution >= 4 is 5.83 Å². The van der Waals surface area contributed by atoms with Crippen molar-refractivity contribution in [1.82, 2.24) is 0 Å². The smallest absolute Gasteiger partial charge is 0.236 e.